The van der Waals surface area contributed by atoms with Crippen LogP contribution in [0.3, 0.4) is 0 Å². The minimum Gasteiger partial charge on any atom is -0.494 e. The lowest BCUT2D eigenvalue weighted by Gasteiger charge is -2.36. The van der Waals surface area contributed by atoms with Crippen LogP contribution in [0.25, 0.3) is 0 Å². The summed E-state index contributed by atoms with van der Waals surface area (Å²) in [5.74, 6) is -0.805. The summed E-state index contributed by atoms with van der Waals surface area (Å²) in [5.41, 5.74) is 0.717. The molecule has 24 heavy (non-hydrogen) atoms. The van der Waals surface area contributed by atoms with Gasteiger partial charge in [0, 0.05) is 6.54 Å². The van der Waals surface area contributed by atoms with E-state index in [9.17, 15) is 14.3 Å². The van der Waals surface area contributed by atoms with Gasteiger partial charge < -0.3 is 14.3 Å². The summed E-state index contributed by atoms with van der Waals surface area (Å²) in [4.78, 5) is 13.4. The van der Waals surface area contributed by atoms with Crippen molar-refractivity contribution in [1.29, 1.82) is 0 Å². The maximum Gasteiger partial charge on any atom is 0.307 e. The molecule has 0 aliphatic carbocycles. The highest BCUT2D eigenvalue weighted by molar-refractivity contribution is 5.70. The first-order valence-electron chi connectivity index (χ1n) is 7.94. The maximum atomic E-state index is 14.2. The minimum absolute atomic E-state index is 0.180. The first-order chi connectivity index (χ1) is 11.6. The van der Waals surface area contributed by atoms with Gasteiger partial charge in [-0.1, -0.05) is 6.07 Å². The summed E-state index contributed by atoms with van der Waals surface area (Å²) in [6.45, 7) is 1.15. The number of carboxylic acid groups (broad SMARTS) is 1. The average molecular weight is 333 g/mol. The van der Waals surface area contributed by atoms with Gasteiger partial charge in [0.2, 0.25) is 0 Å². The normalized spacial score (nSPS) is 19.8. The third kappa shape index (κ3) is 3.28. The first kappa shape index (κ1) is 16.5. The van der Waals surface area contributed by atoms with E-state index in [2.05, 4.69) is 0 Å². The number of aliphatic carboxylic acids is 1. The van der Waals surface area contributed by atoms with Crippen molar-refractivity contribution in [2.24, 2.45) is 5.92 Å². The number of piperidine rings is 1. The van der Waals surface area contributed by atoms with Crippen molar-refractivity contribution >= 4 is 5.97 Å². The van der Waals surface area contributed by atoms with E-state index in [0.717, 1.165) is 13.0 Å². The van der Waals surface area contributed by atoms with E-state index < -0.39 is 17.7 Å². The van der Waals surface area contributed by atoms with Crippen LogP contribution < -0.4 is 4.74 Å². The first-order valence-corrected chi connectivity index (χ1v) is 7.94. The molecule has 3 rings (SSSR count). The second kappa shape index (κ2) is 7.05. The Kier molecular flexibility index (Phi) is 4.85. The fourth-order valence-electron chi connectivity index (χ4n) is 3.30. The lowest BCUT2D eigenvalue weighted by atomic mass is 9.94. The Morgan fingerprint density at radius 3 is 2.92 bits per heavy atom. The van der Waals surface area contributed by atoms with E-state index in [-0.39, 0.29) is 11.8 Å². The Morgan fingerprint density at radius 1 is 1.46 bits per heavy atom. The van der Waals surface area contributed by atoms with E-state index in [1.165, 1.54) is 13.2 Å². The zero-order chi connectivity index (χ0) is 17.1. The second-order valence-electron chi connectivity index (χ2n) is 5.98. The predicted molar refractivity (Wildman–Crippen MR) is 85.4 cm³/mol. The molecule has 1 aromatic carbocycles. The van der Waals surface area contributed by atoms with Gasteiger partial charge in [-0.25, -0.2) is 4.39 Å². The van der Waals surface area contributed by atoms with Gasteiger partial charge in [-0.05, 0) is 49.2 Å². The number of methoxy groups -OCH3 is 1. The van der Waals surface area contributed by atoms with Crippen LogP contribution in [0.15, 0.2) is 41.0 Å². The van der Waals surface area contributed by atoms with Gasteiger partial charge in [0.25, 0.3) is 0 Å². The van der Waals surface area contributed by atoms with Gasteiger partial charge in [0.1, 0.15) is 5.76 Å². The summed E-state index contributed by atoms with van der Waals surface area (Å²) in [6, 6.07) is 8.09. The number of likely N-dealkylation sites (tertiary alicyclic amines) is 1. The lowest BCUT2D eigenvalue weighted by Crippen LogP contribution is -2.41. The zero-order valence-corrected chi connectivity index (χ0v) is 13.4. The number of carboxylic acids is 1. The molecule has 2 aromatic rings. The quantitative estimate of drug-likeness (QED) is 0.909. The summed E-state index contributed by atoms with van der Waals surface area (Å²) < 4.78 is 24.7. The monoisotopic (exact) mass is 333 g/mol. The maximum absolute atomic E-state index is 14.2. The molecule has 1 aliphatic heterocycles. The molecule has 2 atom stereocenters. The fourth-order valence-corrected chi connectivity index (χ4v) is 3.30. The predicted octanol–water partition coefficient (Wildman–Crippen LogP) is 3.31. The standard InChI is InChI=1S/C18H20FNO4/c1-23-15-7-6-12(10-14(15)19)17(16-5-3-9-24-16)20-8-2-4-13(11-20)18(21)22/h3,5-7,9-10,13,17H,2,4,8,11H2,1H3,(H,21,22). The van der Waals surface area contributed by atoms with Crippen molar-refractivity contribution in [2.45, 2.75) is 18.9 Å². The molecular weight excluding hydrogens is 313 g/mol. The van der Waals surface area contributed by atoms with Crippen LogP contribution in [-0.2, 0) is 4.79 Å². The molecule has 1 aromatic heterocycles. The molecule has 1 fully saturated rings. The van der Waals surface area contributed by atoms with E-state index in [1.807, 2.05) is 11.0 Å². The van der Waals surface area contributed by atoms with Crippen molar-refractivity contribution < 1.29 is 23.4 Å². The minimum atomic E-state index is -0.793. The zero-order valence-electron chi connectivity index (χ0n) is 13.4. The molecular formula is C18H20FNO4. The van der Waals surface area contributed by atoms with Crippen molar-refractivity contribution in [3.63, 3.8) is 0 Å². The van der Waals surface area contributed by atoms with Crippen LogP contribution in [0.4, 0.5) is 4.39 Å². The number of halogens is 1. The Morgan fingerprint density at radius 2 is 2.29 bits per heavy atom. The molecule has 5 nitrogen and oxygen atoms in total. The third-order valence-corrected chi connectivity index (χ3v) is 4.47. The van der Waals surface area contributed by atoms with Crippen molar-refractivity contribution in [2.75, 3.05) is 20.2 Å². The molecule has 1 saturated heterocycles. The largest absolute Gasteiger partial charge is 0.494 e. The van der Waals surface area contributed by atoms with E-state index in [1.54, 1.807) is 24.5 Å². The summed E-state index contributed by atoms with van der Waals surface area (Å²) in [6.07, 6.45) is 3.02. The molecule has 1 aliphatic rings. The number of hydrogen-bond acceptors (Lipinski definition) is 4. The molecule has 2 heterocycles. The Labute approximate surface area is 139 Å². The molecule has 2 unspecified atom stereocenters. The Hall–Kier alpha value is -2.34. The van der Waals surface area contributed by atoms with E-state index >= 15 is 0 Å². The molecule has 0 spiro atoms. The van der Waals surface area contributed by atoms with Crippen LogP contribution in [-0.4, -0.2) is 36.2 Å². The van der Waals surface area contributed by atoms with Crippen LogP contribution in [0.2, 0.25) is 0 Å². The van der Waals surface area contributed by atoms with Gasteiger partial charge in [-0.3, -0.25) is 9.69 Å². The number of nitrogens with zero attached hydrogens (tertiary/aromatic N) is 1. The number of benzene rings is 1. The molecule has 0 bridgehead atoms. The average Bonchev–Trinajstić information content (AvgIpc) is 3.10. The number of rotatable bonds is 5. The van der Waals surface area contributed by atoms with Gasteiger partial charge in [0.05, 0.1) is 25.3 Å². The number of hydrogen-bond donors (Lipinski definition) is 1. The van der Waals surface area contributed by atoms with Gasteiger partial charge >= 0.3 is 5.97 Å². The van der Waals surface area contributed by atoms with Crippen molar-refractivity contribution in [1.82, 2.24) is 4.90 Å². The second-order valence-corrected chi connectivity index (χ2v) is 5.98. The van der Waals surface area contributed by atoms with E-state index in [0.29, 0.717) is 24.3 Å². The molecule has 1 N–H and O–H groups in total. The topological polar surface area (TPSA) is 62.9 Å². The lowest BCUT2D eigenvalue weighted by molar-refractivity contribution is -0.143. The molecule has 6 heteroatoms. The van der Waals surface area contributed by atoms with Crippen molar-refractivity contribution in [3.8, 4) is 5.75 Å². The Balaban J connectivity index is 1.95. The number of carbonyl (C=O) groups is 1. The highest BCUT2D eigenvalue weighted by Crippen LogP contribution is 2.34. The van der Waals surface area contributed by atoms with Gasteiger partial charge in [-0.2, -0.15) is 0 Å². The summed E-state index contributed by atoms with van der Waals surface area (Å²) in [7, 11) is 1.42. The summed E-state index contributed by atoms with van der Waals surface area (Å²) in [5, 5.41) is 9.32. The van der Waals surface area contributed by atoms with Crippen LogP contribution in [0, 0.1) is 11.7 Å². The van der Waals surface area contributed by atoms with E-state index in [4.69, 9.17) is 9.15 Å². The number of furan rings is 1. The fraction of sp³-hybridized carbons (Fsp3) is 0.389. The highest BCUT2D eigenvalue weighted by atomic mass is 19.1. The third-order valence-electron chi connectivity index (χ3n) is 4.47. The number of ether oxygens (including phenoxy) is 1. The molecule has 0 radical (unpaired) electrons. The summed E-state index contributed by atoms with van der Waals surface area (Å²) >= 11 is 0. The SMILES string of the molecule is COc1ccc(C(c2ccco2)N2CCCC(C(=O)O)C2)cc1F. The van der Waals surface area contributed by atoms with Crippen molar-refractivity contribution in [3.05, 3.63) is 53.7 Å². The van der Waals surface area contributed by atoms with Gasteiger partial charge in [-0.15, -0.1) is 0 Å². The molecule has 0 saturated carbocycles. The van der Waals surface area contributed by atoms with Crippen LogP contribution >= 0.6 is 0 Å². The highest BCUT2D eigenvalue weighted by Gasteiger charge is 2.32. The smallest absolute Gasteiger partial charge is 0.307 e. The van der Waals surface area contributed by atoms with Gasteiger partial charge in [0.15, 0.2) is 11.6 Å². The Bertz CT molecular complexity index is 701. The van der Waals surface area contributed by atoms with Crippen LogP contribution in [0.5, 0.6) is 5.75 Å². The molecule has 128 valence electrons. The molecule has 0 amide bonds. The van der Waals surface area contributed by atoms with Crippen LogP contribution in [0.1, 0.15) is 30.2 Å².